The standard InChI is InChI=1S/C18H35NO2S/c1-4-6-8-10-12-17(13-11-9-7-5-2)18-14-15-19(16-18)22(3,20)21/h14,17H,4-13,15-16H2,1-3H3. The predicted octanol–water partition coefficient (Wildman–Crippen LogP) is 4.75. The minimum atomic E-state index is -3.05. The summed E-state index contributed by atoms with van der Waals surface area (Å²) >= 11 is 0. The second-order valence-electron chi connectivity index (χ2n) is 6.73. The van der Waals surface area contributed by atoms with Gasteiger partial charge in [0.1, 0.15) is 0 Å². The lowest BCUT2D eigenvalue weighted by molar-refractivity contribution is 0.430. The average Bonchev–Trinajstić information content (AvgIpc) is 2.95. The van der Waals surface area contributed by atoms with Crippen molar-refractivity contribution in [2.45, 2.75) is 78.1 Å². The van der Waals surface area contributed by atoms with E-state index in [1.807, 2.05) is 0 Å². The van der Waals surface area contributed by atoms with Crippen molar-refractivity contribution in [1.29, 1.82) is 0 Å². The van der Waals surface area contributed by atoms with Crippen molar-refractivity contribution in [2.24, 2.45) is 5.92 Å². The van der Waals surface area contributed by atoms with E-state index in [2.05, 4.69) is 19.9 Å². The molecule has 0 bridgehead atoms. The molecule has 0 fully saturated rings. The van der Waals surface area contributed by atoms with Crippen LogP contribution in [-0.2, 0) is 10.0 Å². The van der Waals surface area contributed by atoms with E-state index in [-0.39, 0.29) is 0 Å². The number of nitrogens with zero attached hydrogens (tertiary/aromatic N) is 1. The Balaban J connectivity index is 2.49. The highest BCUT2D eigenvalue weighted by atomic mass is 32.2. The first-order valence-corrected chi connectivity index (χ1v) is 11.0. The zero-order valence-electron chi connectivity index (χ0n) is 14.8. The smallest absolute Gasteiger partial charge is 0.211 e. The van der Waals surface area contributed by atoms with Crippen LogP contribution < -0.4 is 0 Å². The lowest BCUT2D eigenvalue weighted by atomic mass is 9.88. The summed E-state index contributed by atoms with van der Waals surface area (Å²) in [4.78, 5) is 0. The molecular formula is C18H35NO2S. The van der Waals surface area contributed by atoms with E-state index in [4.69, 9.17) is 0 Å². The first kappa shape index (κ1) is 19.7. The molecule has 0 aliphatic carbocycles. The summed E-state index contributed by atoms with van der Waals surface area (Å²) in [6.45, 7) is 5.69. The Morgan fingerprint density at radius 3 is 1.95 bits per heavy atom. The molecule has 1 heterocycles. The highest BCUT2D eigenvalue weighted by Gasteiger charge is 2.26. The third kappa shape index (κ3) is 7.28. The second kappa shape index (κ2) is 10.4. The van der Waals surface area contributed by atoms with Gasteiger partial charge in [0.15, 0.2) is 0 Å². The summed E-state index contributed by atoms with van der Waals surface area (Å²) in [6.07, 6.45) is 16.3. The number of rotatable bonds is 12. The van der Waals surface area contributed by atoms with E-state index in [0.29, 0.717) is 19.0 Å². The molecule has 1 aliphatic heterocycles. The summed E-state index contributed by atoms with van der Waals surface area (Å²) < 4.78 is 25.0. The van der Waals surface area contributed by atoms with Crippen LogP contribution in [0.5, 0.6) is 0 Å². The summed E-state index contributed by atoms with van der Waals surface area (Å²) in [5.41, 5.74) is 1.37. The fourth-order valence-corrected chi connectivity index (χ4v) is 3.98. The van der Waals surface area contributed by atoms with Crippen molar-refractivity contribution in [3.05, 3.63) is 11.6 Å². The lowest BCUT2D eigenvalue weighted by Gasteiger charge is -2.20. The molecule has 0 radical (unpaired) electrons. The van der Waals surface area contributed by atoms with Gasteiger partial charge in [-0.1, -0.05) is 76.9 Å². The van der Waals surface area contributed by atoms with Gasteiger partial charge in [0, 0.05) is 13.1 Å². The summed E-state index contributed by atoms with van der Waals surface area (Å²) in [5, 5.41) is 0. The van der Waals surface area contributed by atoms with E-state index in [9.17, 15) is 8.42 Å². The highest BCUT2D eigenvalue weighted by Crippen LogP contribution is 2.29. The van der Waals surface area contributed by atoms with Crippen molar-refractivity contribution in [2.75, 3.05) is 19.3 Å². The van der Waals surface area contributed by atoms with Crippen molar-refractivity contribution < 1.29 is 8.42 Å². The molecule has 3 nitrogen and oxygen atoms in total. The third-order valence-electron chi connectivity index (χ3n) is 4.72. The Morgan fingerprint density at radius 1 is 1.00 bits per heavy atom. The van der Waals surface area contributed by atoms with Crippen molar-refractivity contribution in [3.8, 4) is 0 Å². The Morgan fingerprint density at radius 2 is 1.55 bits per heavy atom. The molecule has 0 saturated heterocycles. The largest absolute Gasteiger partial charge is 0.212 e. The molecule has 0 aromatic carbocycles. The minimum Gasteiger partial charge on any atom is -0.212 e. The molecule has 22 heavy (non-hydrogen) atoms. The van der Waals surface area contributed by atoms with Gasteiger partial charge in [0.2, 0.25) is 10.0 Å². The molecular weight excluding hydrogens is 294 g/mol. The van der Waals surface area contributed by atoms with Crippen LogP contribution in [0.3, 0.4) is 0 Å². The van der Waals surface area contributed by atoms with Gasteiger partial charge in [0.05, 0.1) is 6.26 Å². The van der Waals surface area contributed by atoms with Crippen LogP contribution in [0.1, 0.15) is 78.1 Å². The van der Waals surface area contributed by atoms with Gasteiger partial charge < -0.3 is 0 Å². The van der Waals surface area contributed by atoms with Crippen molar-refractivity contribution >= 4 is 10.0 Å². The zero-order chi connectivity index (χ0) is 16.4. The molecule has 0 unspecified atom stereocenters. The monoisotopic (exact) mass is 329 g/mol. The van der Waals surface area contributed by atoms with Crippen molar-refractivity contribution in [1.82, 2.24) is 4.31 Å². The van der Waals surface area contributed by atoms with E-state index >= 15 is 0 Å². The minimum absolute atomic E-state index is 0.578. The Labute approximate surface area is 138 Å². The fraction of sp³-hybridized carbons (Fsp3) is 0.889. The summed E-state index contributed by atoms with van der Waals surface area (Å²) in [5.74, 6) is 0.598. The maximum atomic E-state index is 11.7. The second-order valence-corrected chi connectivity index (χ2v) is 8.71. The first-order valence-electron chi connectivity index (χ1n) is 9.13. The third-order valence-corrected chi connectivity index (χ3v) is 5.94. The van der Waals surface area contributed by atoms with Gasteiger partial charge in [-0.2, -0.15) is 4.31 Å². The molecule has 1 rings (SSSR count). The lowest BCUT2D eigenvalue weighted by Crippen LogP contribution is -2.28. The first-order chi connectivity index (χ1) is 10.5. The molecule has 0 aromatic heterocycles. The van der Waals surface area contributed by atoms with Crippen LogP contribution in [0, 0.1) is 5.92 Å². The fourth-order valence-electron chi connectivity index (χ4n) is 3.25. The van der Waals surface area contributed by atoms with Crippen molar-refractivity contribution in [3.63, 3.8) is 0 Å². The quantitative estimate of drug-likeness (QED) is 0.383. The molecule has 0 saturated carbocycles. The summed E-state index contributed by atoms with van der Waals surface area (Å²) in [6, 6.07) is 0. The van der Waals surface area contributed by atoms with E-state index < -0.39 is 10.0 Å². The number of unbranched alkanes of at least 4 members (excludes halogenated alkanes) is 6. The maximum Gasteiger partial charge on any atom is 0.211 e. The number of sulfonamides is 1. The van der Waals surface area contributed by atoms with Gasteiger partial charge in [-0.05, 0) is 18.8 Å². The zero-order valence-corrected chi connectivity index (χ0v) is 15.6. The van der Waals surface area contributed by atoms with Crippen LogP contribution in [0.4, 0.5) is 0 Å². The van der Waals surface area contributed by atoms with Crippen LogP contribution in [0.2, 0.25) is 0 Å². The normalized spacial score (nSPS) is 16.5. The molecule has 4 heteroatoms. The molecule has 0 aromatic rings. The molecule has 130 valence electrons. The average molecular weight is 330 g/mol. The van der Waals surface area contributed by atoms with Crippen LogP contribution in [-0.4, -0.2) is 32.1 Å². The van der Waals surface area contributed by atoms with Crippen LogP contribution >= 0.6 is 0 Å². The van der Waals surface area contributed by atoms with Crippen LogP contribution in [0.25, 0.3) is 0 Å². The van der Waals surface area contributed by atoms with Gasteiger partial charge in [-0.15, -0.1) is 0 Å². The predicted molar refractivity (Wildman–Crippen MR) is 95.5 cm³/mol. The van der Waals surface area contributed by atoms with E-state index in [1.54, 1.807) is 4.31 Å². The Hall–Kier alpha value is -0.350. The molecule has 0 amide bonds. The molecule has 0 spiro atoms. The summed E-state index contributed by atoms with van der Waals surface area (Å²) in [7, 11) is -3.05. The van der Waals surface area contributed by atoms with Crippen LogP contribution in [0.15, 0.2) is 11.6 Å². The van der Waals surface area contributed by atoms with E-state index in [0.717, 1.165) is 0 Å². The Kier molecular flexibility index (Phi) is 9.34. The molecule has 0 atom stereocenters. The van der Waals surface area contributed by atoms with Gasteiger partial charge in [-0.25, -0.2) is 8.42 Å². The number of hydrogen-bond donors (Lipinski definition) is 0. The van der Waals surface area contributed by atoms with E-state index in [1.165, 1.54) is 76.0 Å². The van der Waals surface area contributed by atoms with Gasteiger partial charge >= 0.3 is 0 Å². The number of hydrogen-bond acceptors (Lipinski definition) is 2. The highest BCUT2D eigenvalue weighted by molar-refractivity contribution is 7.88. The SMILES string of the molecule is CCCCCCC(CCCCCC)C1=CCN(S(C)(=O)=O)C1. The Bertz CT molecular complexity index is 416. The molecule has 0 N–H and O–H groups in total. The van der Waals surface area contributed by atoms with Gasteiger partial charge in [-0.3, -0.25) is 0 Å². The molecule has 1 aliphatic rings. The maximum absolute atomic E-state index is 11.7. The topological polar surface area (TPSA) is 37.4 Å². The van der Waals surface area contributed by atoms with Gasteiger partial charge in [0.25, 0.3) is 0 Å².